The number of hydrogen-bond donors (Lipinski definition) is 3. The summed E-state index contributed by atoms with van der Waals surface area (Å²) in [5.74, 6) is 3.02. The number of hydrogen-bond acceptors (Lipinski definition) is 6. The zero-order chi connectivity index (χ0) is 20.2. The van der Waals surface area contributed by atoms with E-state index in [0.29, 0.717) is 11.4 Å². The van der Waals surface area contributed by atoms with E-state index in [2.05, 4.69) is 40.1 Å². The van der Waals surface area contributed by atoms with Crippen LogP contribution in [0.2, 0.25) is 0 Å². The summed E-state index contributed by atoms with van der Waals surface area (Å²) in [6.45, 7) is 7.30. The largest absolute Gasteiger partial charge is 0.394 e. The van der Waals surface area contributed by atoms with Crippen molar-refractivity contribution in [2.24, 2.45) is 17.3 Å². The molecule has 3 atom stereocenters. The molecule has 0 spiro atoms. The van der Waals surface area contributed by atoms with Crippen molar-refractivity contribution in [3.8, 4) is 0 Å². The highest BCUT2D eigenvalue weighted by molar-refractivity contribution is 5.84. The van der Waals surface area contributed by atoms with Crippen LogP contribution in [0.1, 0.15) is 58.9 Å². The van der Waals surface area contributed by atoms with Crippen molar-refractivity contribution < 1.29 is 5.11 Å². The van der Waals surface area contributed by atoms with Gasteiger partial charge in [-0.3, -0.25) is 0 Å². The van der Waals surface area contributed by atoms with Crippen molar-refractivity contribution in [2.45, 2.75) is 65.0 Å². The Bertz CT molecular complexity index is 930. The van der Waals surface area contributed by atoms with Crippen LogP contribution in [0.5, 0.6) is 0 Å². The van der Waals surface area contributed by atoms with E-state index in [1.54, 1.807) is 5.57 Å². The highest BCUT2D eigenvalue weighted by Gasteiger charge is 2.52. The minimum atomic E-state index is -0.0540. The molecule has 3 saturated carbocycles. The maximum absolute atomic E-state index is 9.59. The topological polar surface area (TPSA) is 87.9 Å². The second-order valence-electron chi connectivity index (χ2n) is 9.55. The van der Waals surface area contributed by atoms with Gasteiger partial charge in [0.25, 0.3) is 0 Å². The molecule has 5 aliphatic rings. The molecule has 2 aromatic rings. The number of nitrogens with zero attached hydrogens (tertiary/aromatic N) is 4. The first-order valence-corrected chi connectivity index (χ1v) is 11.1. The van der Waals surface area contributed by atoms with E-state index < -0.39 is 0 Å². The smallest absolute Gasteiger partial charge is 0.227 e. The zero-order valence-electron chi connectivity index (χ0n) is 17.6. The van der Waals surface area contributed by atoms with Gasteiger partial charge < -0.3 is 20.3 Å². The van der Waals surface area contributed by atoms with Crippen LogP contribution in [-0.4, -0.2) is 43.8 Å². The van der Waals surface area contributed by atoms with Gasteiger partial charge in [0.15, 0.2) is 17.0 Å². The standard InChI is InChI=1S/C22H32N6O/c1-4-16(10-29)25-21-26-19(18-20(27-21)28(12-24-18)13(2)3)23-11-22-6-5-17-14(8-22)7-15(17)9-22/h5,12-16,29H,4,6-11H2,1-3H3,(H2,23,25,26,27)/t14?,15?,16-,22?/m1/s1. The molecule has 156 valence electrons. The number of allylic oxidation sites excluding steroid dienone is 2. The first-order chi connectivity index (χ1) is 14.0. The lowest BCUT2D eigenvalue weighted by atomic mass is 9.48. The van der Waals surface area contributed by atoms with Crippen molar-refractivity contribution in [2.75, 3.05) is 23.8 Å². The van der Waals surface area contributed by atoms with Gasteiger partial charge >= 0.3 is 0 Å². The zero-order valence-corrected chi connectivity index (χ0v) is 17.6. The fourth-order valence-corrected chi connectivity index (χ4v) is 5.58. The molecule has 2 heterocycles. The lowest BCUT2D eigenvalue weighted by Gasteiger charge is -2.58. The monoisotopic (exact) mass is 396 g/mol. The van der Waals surface area contributed by atoms with Crippen molar-refractivity contribution in [1.82, 2.24) is 19.5 Å². The van der Waals surface area contributed by atoms with E-state index in [-0.39, 0.29) is 18.7 Å². The SMILES string of the molecule is CC[C@H](CO)Nc1nc(NCC23CC=C4C(CC4C2)C3)c2ncn(C(C)C)c2n1. The predicted molar refractivity (Wildman–Crippen MR) is 115 cm³/mol. The van der Waals surface area contributed by atoms with Crippen molar-refractivity contribution in [3.05, 3.63) is 18.0 Å². The highest BCUT2D eigenvalue weighted by Crippen LogP contribution is 2.62. The summed E-state index contributed by atoms with van der Waals surface area (Å²) < 4.78 is 2.08. The molecule has 3 N–H and O–H groups in total. The Morgan fingerprint density at radius 1 is 1.28 bits per heavy atom. The highest BCUT2D eigenvalue weighted by atomic mass is 16.3. The van der Waals surface area contributed by atoms with Crippen LogP contribution in [0.25, 0.3) is 11.2 Å². The van der Waals surface area contributed by atoms with E-state index in [1.165, 1.54) is 25.7 Å². The van der Waals surface area contributed by atoms with Gasteiger partial charge in [0.2, 0.25) is 5.95 Å². The minimum absolute atomic E-state index is 0.0540. The first kappa shape index (κ1) is 18.9. The van der Waals surface area contributed by atoms with E-state index in [4.69, 9.17) is 9.97 Å². The van der Waals surface area contributed by atoms with Gasteiger partial charge in [0, 0.05) is 12.6 Å². The normalized spacial score (nSPS) is 28.4. The van der Waals surface area contributed by atoms with Crippen LogP contribution in [0.4, 0.5) is 11.8 Å². The van der Waals surface area contributed by atoms with E-state index in [0.717, 1.165) is 41.8 Å². The maximum atomic E-state index is 9.59. The minimum Gasteiger partial charge on any atom is -0.394 e. The third-order valence-electron chi connectivity index (χ3n) is 7.30. The Labute approximate surface area is 172 Å². The number of fused-ring (bicyclic) bond motifs is 2. The van der Waals surface area contributed by atoms with Crippen molar-refractivity contribution >= 4 is 22.9 Å². The molecule has 0 amide bonds. The number of aromatic nitrogens is 4. The number of anilines is 2. The van der Waals surface area contributed by atoms with Gasteiger partial charge in [0.05, 0.1) is 19.0 Å². The number of aliphatic hydroxyl groups excluding tert-OH is 1. The molecular weight excluding hydrogens is 364 g/mol. The summed E-state index contributed by atoms with van der Waals surface area (Å²) in [5.41, 5.74) is 3.76. The molecule has 3 fully saturated rings. The molecule has 7 heteroatoms. The third kappa shape index (κ3) is 3.10. The number of imidazole rings is 1. The molecule has 2 aromatic heterocycles. The van der Waals surface area contributed by atoms with Crippen LogP contribution in [-0.2, 0) is 0 Å². The Kier molecular flexibility index (Phi) is 4.53. The van der Waals surface area contributed by atoms with Crippen LogP contribution in [0.3, 0.4) is 0 Å². The molecule has 4 bridgehead atoms. The van der Waals surface area contributed by atoms with Gasteiger partial charge in [-0.25, -0.2) is 4.98 Å². The number of rotatable bonds is 8. The van der Waals surface area contributed by atoms with Gasteiger partial charge in [-0.1, -0.05) is 18.6 Å². The van der Waals surface area contributed by atoms with Gasteiger partial charge in [-0.05, 0) is 63.2 Å². The summed E-state index contributed by atoms with van der Waals surface area (Å²) in [6, 6.07) is 0.211. The Morgan fingerprint density at radius 3 is 2.72 bits per heavy atom. The molecule has 0 aliphatic heterocycles. The van der Waals surface area contributed by atoms with Crippen molar-refractivity contribution in [1.29, 1.82) is 0 Å². The molecule has 0 radical (unpaired) electrons. The molecule has 29 heavy (non-hydrogen) atoms. The predicted octanol–water partition coefficient (Wildman–Crippen LogP) is 3.75. The second-order valence-corrected chi connectivity index (χ2v) is 9.55. The number of aliphatic hydroxyl groups is 1. The van der Waals surface area contributed by atoms with E-state index in [9.17, 15) is 5.11 Å². The van der Waals surface area contributed by atoms with E-state index >= 15 is 0 Å². The molecular formula is C22H32N6O. The average Bonchev–Trinajstić information content (AvgIpc) is 3.15. The van der Waals surface area contributed by atoms with Gasteiger partial charge in [0.1, 0.15) is 0 Å². The third-order valence-corrected chi connectivity index (χ3v) is 7.30. The lowest BCUT2D eigenvalue weighted by Crippen LogP contribution is -2.49. The Hall–Kier alpha value is -2.15. The lowest BCUT2D eigenvalue weighted by molar-refractivity contribution is 0.0485. The molecule has 0 aromatic carbocycles. The van der Waals surface area contributed by atoms with Gasteiger partial charge in [-0.15, -0.1) is 0 Å². The van der Waals surface area contributed by atoms with Crippen LogP contribution in [0.15, 0.2) is 18.0 Å². The summed E-state index contributed by atoms with van der Waals surface area (Å²) in [7, 11) is 0. The molecule has 2 unspecified atom stereocenters. The Balaban J connectivity index is 1.44. The summed E-state index contributed by atoms with van der Waals surface area (Å²) in [5, 5.41) is 16.5. The summed E-state index contributed by atoms with van der Waals surface area (Å²) in [4.78, 5) is 14.1. The fraction of sp³-hybridized carbons (Fsp3) is 0.682. The maximum Gasteiger partial charge on any atom is 0.227 e. The Morgan fingerprint density at radius 2 is 2.07 bits per heavy atom. The van der Waals surface area contributed by atoms with Crippen molar-refractivity contribution in [3.63, 3.8) is 0 Å². The fourth-order valence-electron chi connectivity index (χ4n) is 5.58. The quantitative estimate of drug-likeness (QED) is 0.589. The van der Waals surface area contributed by atoms with Gasteiger partial charge in [-0.2, -0.15) is 9.97 Å². The van der Waals surface area contributed by atoms with E-state index in [1.807, 2.05) is 13.3 Å². The number of nitrogens with one attached hydrogen (secondary N) is 2. The average molecular weight is 397 g/mol. The van der Waals surface area contributed by atoms with Crippen LogP contribution < -0.4 is 10.6 Å². The molecule has 0 saturated heterocycles. The first-order valence-electron chi connectivity index (χ1n) is 11.1. The summed E-state index contributed by atoms with van der Waals surface area (Å²) >= 11 is 0. The second kappa shape index (κ2) is 6.97. The summed E-state index contributed by atoms with van der Waals surface area (Å²) in [6.07, 6.45) is 10.4. The molecule has 7 nitrogen and oxygen atoms in total. The molecule has 7 rings (SSSR count). The van der Waals surface area contributed by atoms with Crippen LogP contribution in [0, 0.1) is 17.3 Å². The van der Waals surface area contributed by atoms with Crippen LogP contribution >= 0.6 is 0 Å². The molecule has 5 aliphatic carbocycles.